The molecule has 1 N–H and O–H groups in total. The van der Waals surface area contributed by atoms with Crippen LogP contribution in [-0.2, 0) is 24.1 Å². The Morgan fingerprint density at radius 1 is 1.00 bits per heavy atom. The van der Waals surface area contributed by atoms with Gasteiger partial charge in [0.1, 0.15) is 0 Å². The molecule has 0 heterocycles. The fourth-order valence-electron chi connectivity index (χ4n) is 3.64. The molecule has 2 heteroatoms. The number of benzene rings is 2. The summed E-state index contributed by atoms with van der Waals surface area (Å²) < 4.78 is 0. The maximum absolute atomic E-state index is 12.3. The van der Waals surface area contributed by atoms with Crippen LogP contribution in [0.4, 0.5) is 0 Å². The van der Waals surface area contributed by atoms with E-state index in [0.29, 0.717) is 6.42 Å². The molecule has 0 aromatic heterocycles. The molecule has 0 radical (unpaired) electrons. The van der Waals surface area contributed by atoms with Gasteiger partial charge in [-0.2, -0.15) is 0 Å². The third-order valence-electron chi connectivity index (χ3n) is 5.46. The molecular weight excluding hydrogens is 306 g/mol. The van der Waals surface area contributed by atoms with E-state index in [2.05, 4.69) is 62.5 Å². The highest BCUT2D eigenvalue weighted by Gasteiger charge is 2.14. The van der Waals surface area contributed by atoms with Gasteiger partial charge in [0.05, 0.1) is 6.04 Å². The molecule has 0 bridgehead atoms. The summed E-state index contributed by atoms with van der Waals surface area (Å²) in [6, 6.07) is 13.2. The van der Waals surface area contributed by atoms with Crippen LogP contribution in [0, 0.1) is 13.8 Å². The predicted octanol–water partition coefficient (Wildman–Crippen LogP) is 4.99. The van der Waals surface area contributed by atoms with Crippen molar-refractivity contribution in [1.29, 1.82) is 0 Å². The van der Waals surface area contributed by atoms with Crippen molar-refractivity contribution in [2.75, 3.05) is 0 Å². The smallest absolute Gasteiger partial charge is 0.220 e. The van der Waals surface area contributed by atoms with E-state index in [4.69, 9.17) is 0 Å². The number of carbonyl (C=O) groups excluding carboxylic acids is 1. The molecule has 2 aromatic carbocycles. The van der Waals surface area contributed by atoms with Gasteiger partial charge in [0.25, 0.3) is 0 Å². The molecule has 1 amide bonds. The zero-order chi connectivity index (χ0) is 17.8. The topological polar surface area (TPSA) is 29.1 Å². The highest BCUT2D eigenvalue weighted by Crippen LogP contribution is 2.24. The Kier molecular flexibility index (Phi) is 5.57. The van der Waals surface area contributed by atoms with Crippen molar-refractivity contribution in [3.8, 4) is 0 Å². The molecule has 1 aliphatic carbocycles. The second kappa shape index (κ2) is 7.86. The zero-order valence-corrected chi connectivity index (χ0v) is 15.7. The quantitative estimate of drug-likeness (QED) is 0.819. The second-order valence-electron chi connectivity index (χ2n) is 7.44. The van der Waals surface area contributed by atoms with Crippen molar-refractivity contribution >= 4 is 5.91 Å². The van der Waals surface area contributed by atoms with Gasteiger partial charge in [-0.1, -0.05) is 36.4 Å². The molecule has 0 fully saturated rings. The monoisotopic (exact) mass is 335 g/mol. The van der Waals surface area contributed by atoms with E-state index in [0.717, 1.165) is 6.42 Å². The van der Waals surface area contributed by atoms with Gasteiger partial charge in [-0.25, -0.2) is 0 Å². The highest BCUT2D eigenvalue weighted by atomic mass is 16.1. The molecule has 132 valence electrons. The summed E-state index contributed by atoms with van der Waals surface area (Å²) in [5.41, 5.74) is 8.01. The van der Waals surface area contributed by atoms with E-state index < -0.39 is 0 Å². The number of hydrogen-bond donors (Lipinski definition) is 1. The second-order valence-corrected chi connectivity index (χ2v) is 7.44. The summed E-state index contributed by atoms with van der Waals surface area (Å²) in [7, 11) is 0. The Morgan fingerprint density at radius 2 is 1.76 bits per heavy atom. The van der Waals surface area contributed by atoms with Gasteiger partial charge < -0.3 is 5.32 Å². The van der Waals surface area contributed by atoms with Crippen molar-refractivity contribution < 1.29 is 4.79 Å². The van der Waals surface area contributed by atoms with Gasteiger partial charge in [-0.15, -0.1) is 0 Å². The van der Waals surface area contributed by atoms with Gasteiger partial charge >= 0.3 is 0 Å². The Hall–Kier alpha value is -2.09. The van der Waals surface area contributed by atoms with Gasteiger partial charge in [0.15, 0.2) is 0 Å². The maximum Gasteiger partial charge on any atom is 0.220 e. The summed E-state index contributed by atoms with van der Waals surface area (Å²) in [6.07, 6.45) is 6.30. The molecule has 1 atom stereocenters. The van der Waals surface area contributed by atoms with Crippen LogP contribution < -0.4 is 5.32 Å². The van der Waals surface area contributed by atoms with Crippen molar-refractivity contribution in [3.63, 3.8) is 0 Å². The van der Waals surface area contributed by atoms with Crippen molar-refractivity contribution in [2.24, 2.45) is 0 Å². The Balaban J connectivity index is 1.56. The standard InChI is InChI=1S/C23H29NO/c1-16-8-9-19(14-17(16)2)10-13-23(25)24-18(3)21-12-11-20-6-4-5-7-22(20)15-21/h8-9,11-12,14-15,18H,4-7,10,13H2,1-3H3,(H,24,25)/t18-/m0/s1. The van der Waals surface area contributed by atoms with Crippen LogP contribution in [0.3, 0.4) is 0 Å². The zero-order valence-electron chi connectivity index (χ0n) is 15.7. The van der Waals surface area contributed by atoms with Gasteiger partial charge in [-0.05, 0) is 86.3 Å². The number of fused-ring (bicyclic) bond motifs is 1. The molecule has 0 saturated heterocycles. The van der Waals surface area contributed by atoms with Crippen LogP contribution in [0.25, 0.3) is 0 Å². The van der Waals surface area contributed by atoms with Gasteiger partial charge in [0.2, 0.25) is 5.91 Å². The average Bonchev–Trinajstić information content (AvgIpc) is 2.62. The normalized spacial score (nSPS) is 14.7. The van der Waals surface area contributed by atoms with Crippen LogP contribution in [0.15, 0.2) is 36.4 Å². The maximum atomic E-state index is 12.3. The minimum atomic E-state index is 0.0690. The lowest BCUT2D eigenvalue weighted by molar-refractivity contribution is -0.121. The number of aryl methyl sites for hydroxylation is 5. The number of nitrogens with one attached hydrogen (secondary N) is 1. The first-order valence-electron chi connectivity index (χ1n) is 9.50. The summed E-state index contributed by atoms with van der Waals surface area (Å²) in [6.45, 7) is 6.32. The summed E-state index contributed by atoms with van der Waals surface area (Å²) in [4.78, 5) is 12.3. The first kappa shape index (κ1) is 17.7. The van der Waals surface area contributed by atoms with E-state index >= 15 is 0 Å². The van der Waals surface area contributed by atoms with Crippen molar-refractivity contribution in [1.82, 2.24) is 5.32 Å². The van der Waals surface area contributed by atoms with Crippen LogP contribution >= 0.6 is 0 Å². The third-order valence-corrected chi connectivity index (χ3v) is 5.46. The van der Waals surface area contributed by atoms with Crippen molar-refractivity contribution in [3.05, 3.63) is 69.8 Å². The third kappa shape index (κ3) is 4.50. The molecule has 2 aromatic rings. The minimum Gasteiger partial charge on any atom is -0.350 e. The first-order valence-corrected chi connectivity index (χ1v) is 9.50. The number of hydrogen-bond acceptors (Lipinski definition) is 1. The first-order chi connectivity index (χ1) is 12.0. The van der Waals surface area contributed by atoms with E-state index in [1.54, 1.807) is 0 Å². The summed E-state index contributed by atoms with van der Waals surface area (Å²) >= 11 is 0. The number of amides is 1. The number of carbonyl (C=O) groups is 1. The van der Waals surface area contributed by atoms with Crippen LogP contribution in [-0.4, -0.2) is 5.91 Å². The molecule has 1 aliphatic rings. The summed E-state index contributed by atoms with van der Waals surface area (Å²) in [5.74, 6) is 0.128. The van der Waals surface area contributed by atoms with E-state index in [9.17, 15) is 4.79 Å². The van der Waals surface area contributed by atoms with E-state index in [-0.39, 0.29) is 11.9 Å². The molecule has 3 rings (SSSR count). The average molecular weight is 335 g/mol. The molecular formula is C23H29NO. The molecule has 0 aliphatic heterocycles. The Bertz CT molecular complexity index is 763. The van der Waals surface area contributed by atoms with Crippen LogP contribution in [0.2, 0.25) is 0 Å². The lowest BCUT2D eigenvalue weighted by Gasteiger charge is -2.20. The van der Waals surface area contributed by atoms with Gasteiger partial charge in [-0.3, -0.25) is 4.79 Å². The molecule has 0 unspecified atom stereocenters. The number of rotatable bonds is 5. The van der Waals surface area contributed by atoms with Gasteiger partial charge in [0, 0.05) is 6.42 Å². The lowest BCUT2D eigenvalue weighted by Crippen LogP contribution is -2.27. The Morgan fingerprint density at radius 3 is 2.52 bits per heavy atom. The lowest BCUT2D eigenvalue weighted by atomic mass is 9.89. The van der Waals surface area contributed by atoms with Crippen LogP contribution in [0.1, 0.15) is 65.6 Å². The molecule has 0 saturated carbocycles. The molecule has 0 spiro atoms. The fourth-order valence-corrected chi connectivity index (χ4v) is 3.64. The van der Waals surface area contributed by atoms with Crippen molar-refractivity contribution in [2.45, 2.75) is 65.3 Å². The molecule has 25 heavy (non-hydrogen) atoms. The largest absolute Gasteiger partial charge is 0.350 e. The van der Waals surface area contributed by atoms with E-state index in [1.807, 2.05) is 0 Å². The van der Waals surface area contributed by atoms with Crippen LogP contribution in [0.5, 0.6) is 0 Å². The molecule has 2 nitrogen and oxygen atoms in total. The predicted molar refractivity (Wildman–Crippen MR) is 104 cm³/mol. The highest BCUT2D eigenvalue weighted by molar-refractivity contribution is 5.76. The Labute approximate surface area is 151 Å². The SMILES string of the molecule is Cc1ccc(CCC(=O)N[C@@H](C)c2ccc3c(c2)CCCC3)cc1C. The summed E-state index contributed by atoms with van der Waals surface area (Å²) in [5, 5.41) is 3.16. The van der Waals surface area contributed by atoms with E-state index in [1.165, 1.54) is 59.1 Å². The fraction of sp³-hybridized carbons (Fsp3) is 0.435. The minimum absolute atomic E-state index is 0.0690.